The van der Waals surface area contributed by atoms with Gasteiger partial charge in [-0.3, -0.25) is 0 Å². The average Bonchev–Trinajstić information content (AvgIpc) is 2.46. The van der Waals surface area contributed by atoms with Crippen LogP contribution in [0, 0.1) is 6.92 Å². The Morgan fingerprint density at radius 1 is 1.29 bits per heavy atom. The van der Waals surface area contributed by atoms with E-state index >= 15 is 0 Å². The average molecular weight is 284 g/mol. The van der Waals surface area contributed by atoms with Crippen LogP contribution in [-0.4, -0.2) is 17.1 Å². The molecular weight excluding hydrogens is 264 g/mol. The van der Waals surface area contributed by atoms with Crippen LogP contribution in [-0.2, 0) is 6.42 Å². The molecule has 1 aliphatic carbocycles. The number of hydrogen-bond acceptors (Lipinski definition) is 5. The Balaban J connectivity index is 1.88. The minimum absolute atomic E-state index is 0.258. The van der Waals surface area contributed by atoms with Gasteiger partial charge in [0.05, 0.1) is 13.2 Å². The Hall–Kier alpha value is -2.30. The maximum Gasteiger partial charge on any atom is 0.222 e. The van der Waals surface area contributed by atoms with Crippen molar-refractivity contribution in [2.45, 2.75) is 32.2 Å². The molecule has 0 unspecified atom stereocenters. The normalized spacial score (nSPS) is 17.1. The first-order valence-corrected chi connectivity index (χ1v) is 7.20. The molecule has 2 aromatic rings. The van der Waals surface area contributed by atoms with Crippen LogP contribution in [0.1, 0.15) is 35.7 Å². The van der Waals surface area contributed by atoms with Gasteiger partial charge >= 0.3 is 0 Å². The fourth-order valence-corrected chi connectivity index (χ4v) is 2.91. The van der Waals surface area contributed by atoms with Crippen molar-refractivity contribution in [2.75, 3.05) is 18.2 Å². The van der Waals surface area contributed by atoms with E-state index in [4.69, 9.17) is 10.5 Å². The van der Waals surface area contributed by atoms with E-state index in [1.807, 2.05) is 19.1 Å². The van der Waals surface area contributed by atoms with Crippen molar-refractivity contribution in [1.82, 2.24) is 9.97 Å². The van der Waals surface area contributed by atoms with Crippen molar-refractivity contribution in [3.05, 3.63) is 41.1 Å². The highest BCUT2D eigenvalue weighted by Gasteiger charge is 2.21. The fourth-order valence-electron chi connectivity index (χ4n) is 2.91. The molecule has 0 spiro atoms. The molecule has 1 atom stereocenters. The molecular formula is C16H20N4O. The van der Waals surface area contributed by atoms with Gasteiger partial charge in [-0.2, -0.15) is 4.98 Å². The quantitative estimate of drug-likeness (QED) is 0.906. The monoisotopic (exact) mass is 284 g/mol. The van der Waals surface area contributed by atoms with E-state index in [1.54, 1.807) is 7.11 Å². The molecule has 5 heteroatoms. The van der Waals surface area contributed by atoms with E-state index in [9.17, 15) is 0 Å². The lowest BCUT2D eigenvalue weighted by atomic mass is 9.87. The number of methoxy groups -OCH3 is 1. The van der Waals surface area contributed by atoms with Crippen molar-refractivity contribution >= 4 is 11.8 Å². The summed E-state index contributed by atoms with van der Waals surface area (Å²) in [4.78, 5) is 8.37. The Morgan fingerprint density at radius 2 is 2.14 bits per heavy atom. The molecule has 3 N–H and O–H groups in total. The molecule has 21 heavy (non-hydrogen) atoms. The van der Waals surface area contributed by atoms with Crippen LogP contribution in [0.4, 0.5) is 11.8 Å². The second-order valence-corrected chi connectivity index (χ2v) is 5.41. The SMILES string of the molecule is COc1ccc2c(c1)CCC[C@H]2Nc1cc(C)nc(N)n1. The summed E-state index contributed by atoms with van der Waals surface area (Å²) in [5, 5.41) is 3.48. The molecule has 5 nitrogen and oxygen atoms in total. The van der Waals surface area contributed by atoms with Gasteiger partial charge in [0.2, 0.25) is 5.95 Å². The minimum Gasteiger partial charge on any atom is -0.497 e. The molecule has 0 radical (unpaired) electrons. The van der Waals surface area contributed by atoms with Crippen LogP contribution in [0.25, 0.3) is 0 Å². The topological polar surface area (TPSA) is 73.1 Å². The second kappa shape index (κ2) is 5.60. The predicted octanol–water partition coefficient (Wildman–Crippen LogP) is 2.87. The van der Waals surface area contributed by atoms with Crippen molar-refractivity contribution in [3.63, 3.8) is 0 Å². The van der Waals surface area contributed by atoms with E-state index in [0.29, 0.717) is 5.95 Å². The van der Waals surface area contributed by atoms with Gasteiger partial charge in [0.1, 0.15) is 11.6 Å². The van der Waals surface area contributed by atoms with E-state index in [-0.39, 0.29) is 6.04 Å². The number of aryl methyl sites for hydroxylation is 2. The van der Waals surface area contributed by atoms with Gasteiger partial charge < -0.3 is 15.8 Å². The number of fused-ring (bicyclic) bond motifs is 1. The van der Waals surface area contributed by atoms with Crippen molar-refractivity contribution in [1.29, 1.82) is 0 Å². The van der Waals surface area contributed by atoms with Crippen LogP contribution in [0.2, 0.25) is 0 Å². The first-order chi connectivity index (χ1) is 10.2. The summed E-state index contributed by atoms with van der Waals surface area (Å²) < 4.78 is 5.31. The van der Waals surface area contributed by atoms with Crippen molar-refractivity contribution in [3.8, 4) is 5.75 Å². The summed E-state index contributed by atoms with van der Waals surface area (Å²) in [7, 11) is 1.70. The first-order valence-electron chi connectivity index (χ1n) is 7.20. The number of aromatic nitrogens is 2. The number of anilines is 2. The molecule has 0 fully saturated rings. The molecule has 0 saturated carbocycles. The van der Waals surface area contributed by atoms with Gasteiger partial charge in [-0.25, -0.2) is 4.98 Å². The van der Waals surface area contributed by atoms with E-state index in [0.717, 1.165) is 36.5 Å². The number of nitrogen functional groups attached to an aromatic ring is 1. The fraction of sp³-hybridized carbons (Fsp3) is 0.375. The maximum atomic E-state index is 5.72. The highest BCUT2D eigenvalue weighted by Crippen LogP contribution is 2.34. The molecule has 0 bridgehead atoms. The molecule has 0 aliphatic heterocycles. The Labute approximate surface area is 124 Å². The first kappa shape index (κ1) is 13.7. The summed E-state index contributed by atoms with van der Waals surface area (Å²) in [6.45, 7) is 1.92. The van der Waals surface area contributed by atoms with Gasteiger partial charge in [0, 0.05) is 11.8 Å². The van der Waals surface area contributed by atoms with Gasteiger partial charge in [0.25, 0.3) is 0 Å². The number of nitrogens with two attached hydrogens (primary N) is 1. The number of hydrogen-bond donors (Lipinski definition) is 2. The number of rotatable bonds is 3. The molecule has 0 saturated heterocycles. The number of nitrogens with zero attached hydrogens (tertiary/aromatic N) is 2. The summed E-state index contributed by atoms with van der Waals surface area (Å²) in [5.41, 5.74) is 9.25. The molecule has 0 amide bonds. The van der Waals surface area contributed by atoms with Gasteiger partial charge in [-0.15, -0.1) is 0 Å². The molecule has 110 valence electrons. The predicted molar refractivity (Wildman–Crippen MR) is 83.5 cm³/mol. The zero-order valence-electron chi connectivity index (χ0n) is 12.4. The summed E-state index contributed by atoms with van der Waals surface area (Å²) in [5.74, 6) is 2.01. The van der Waals surface area contributed by atoms with Gasteiger partial charge in [0.15, 0.2) is 0 Å². The lowest BCUT2D eigenvalue weighted by Crippen LogP contribution is -2.18. The Bertz CT molecular complexity index is 636. The minimum atomic E-state index is 0.258. The van der Waals surface area contributed by atoms with E-state index < -0.39 is 0 Å². The second-order valence-electron chi connectivity index (χ2n) is 5.41. The van der Waals surface area contributed by atoms with Crippen molar-refractivity contribution in [2.24, 2.45) is 0 Å². The molecule has 1 aromatic heterocycles. The summed E-state index contributed by atoms with van der Waals surface area (Å²) in [6, 6.07) is 8.46. The molecule has 1 aromatic carbocycles. The zero-order chi connectivity index (χ0) is 14.8. The Kier molecular flexibility index (Phi) is 3.64. The summed E-state index contributed by atoms with van der Waals surface area (Å²) >= 11 is 0. The lowest BCUT2D eigenvalue weighted by Gasteiger charge is -2.27. The number of benzene rings is 1. The highest BCUT2D eigenvalue weighted by molar-refractivity contribution is 5.46. The highest BCUT2D eigenvalue weighted by atomic mass is 16.5. The maximum absolute atomic E-state index is 5.72. The van der Waals surface area contributed by atoms with Gasteiger partial charge in [-0.05, 0) is 49.4 Å². The van der Waals surface area contributed by atoms with E-state index in [1.165, 1.54) is 11.1 Å². The van der Waals surface area contributed by atoms with E-state index in [2.05, 4.69) is 27.4 Å². The van der Waals surface area contributed by atoms with Crippen LogP contribution < -0.4 is 15.8 Å². The molecule has 1 heterocycles. The third-order valence-corrected chi connectivity index (χ3v) is 3.86. The van der Waals surface area contributed by atoms with Crippen LogP contribution in [0.3, 0.4) is 0 Å². The van der Waals surface area contributed by atoms with Crippen LogP contribution in [0.15, 0.2) is 24.3 Å². The lowest BCUT2D eigenvalue weighted by molar-refractivity contribution is 0.413. The summed E-state index contributed by atoms with van der Waals surface area (Å²) in [6.07, 6.45) is 3.33. The largest absolute Gasteiger partial charge is 0.497 e. The van der Waals surface area contributed by atoms with Crippen molar-refractivity contribution < 1.29 is 4.74 Å². The van der Waals surface area contributed by atoms with Gasteiger partial charge in [-0.1, -0.05) is 6.07 Å². The Morgan fingerprint density at radius 3 is 2.90 bits per heavy atom. The van der Waals surface area contributed by atoms with Crippen LogP contribution >= 0.6 is 0 Å². The zero-order valence-corrected chi connectivity index (χ0v) is 12.4. The third-order valence-electron chi connectivity index (χ3n) is 3.86. The van der Waals surface area contributed by atoms with Crippen LogP contribution in [0.5, 0.6) is 5.75 Å². The third kappa shape index (κ3) is 2.91. The smallest absolute Gasteiger partial charge is 0.222 e. The standard InChI is InChI=1S/C16H20N4O/c1-10-8-15(20-16(17)18-10)19-14-5-3-4-11-9-12(21-2)6-7-13(11)14/h6-9,14H,3-5H2,1-2H3,(H3,17,18,19,20)/t14-/m1/s1. The molecule has 3 rings (SSSR count). The molecule has 1 aliphatic rings. The number of nitrogens with one attached hydrogen (secondary N) is 1. The number of ether oxygens (including phenoxy) is 1.